The first kappa shape index (κ1) is 16.9. The predicted molar refractivity (Wildman–Crippen MR) is 75.5 cm³/mol. The van der Waals surface area contributed by atoms with Crippen LogP contribution in [-0.4, -0.2) is 38.5 Å². The van der Waals surface area contributed by atoms with E-state index in [1.165, 1.54) is 11.3 Å². The first-order valence-corrected chi connectivity index (χ1v) is 6.40. The number of hydrogen-bond donors (Lipinski definition) is 3. The third-order valence-corrected chi connectivity index (χ3v) is 2.80. The highest BCUT2D eigenvalue weighted by atomic mass is 35.5. The first-order chi connectivity index (χ1) is 8.24. The van der Waals surface area contributed by atoms with Crippen molar-refractivity contribution in [1.82, 2.24) is 16.0 Å². The molecule has 0 bridgehead atoms. The van der Waals surface area contributed by atoms with Crippen molar-refractivity contribution in [3.63, 3.8) is 0 Å². The highest BCUT2D eigenvalue weighted by Crippen LogP contribution is 2.04. The summed E-state index contributed by atoms with van der Waals surface area (Å²) >= 11 is 1.47. The number of thiophene rings is 1. The lowest BCUT2D eigenvalue weighted by Gasteiger charge is -2.05. The zero-order valence-electron chi connectivity index (χ0n) is 10.2. The SMILES string of the molecule is CNCCNC(=O)CCNC(=O)c1ccsc1.Cl. The molecule has 102 valence electrons. The van der Waals surface area contributed by atoms with E-state index in [1.807, 2.05) is 12.4 Å². The normalized spacial score (nSPS) is 9.39. The minimum atomic E-state index is -0.130. The molecule has 0 aliphatic carbocycles. The molecule has 0 radical (unpaired) electrons. The molecular weight excluding hydrogens is 274 g/mol. The maximum atomic E-state index is 11.5. The molecule has 0 fully saturated rings. The molecule has 0 unspecified atom stereocenters. The average Bonchev–Trinajstić information content (AvgIpc) is 2.82. The molecule has 5 nitrogen and oxygen atoms in total. The van der Waals surface area contributed by atoms with Crippen LogP contribution in [0, 0.1) is 0 Å². The summed E-state index contributed by atoms with van der Waals surface area (Å²) in [7, 11) is 1.83. The van der Waals surface area contributed by atoms with Crippen molar-refractivity contribution < 1.29 is 9.59 Å². The maximum absolute atomic E-state index is 11.5. The van der Waals surface area contributed by atoms with Crippen LogP contribution in [0.3, 0.4) is 0 Å². The zero-order chi connectivity index (χ0) is 12.5. The third-order valence-electron chi connectivity index (χ3n) is 2.12. The summed E-state index contributed by atoms with van der Waals surface area (Å²) in [6.07, 6.45) is 0.305. The van der Waals surface area contributed by atoms with Gasteiger partial charge in [0.2, 0.25) is 5.91 Å². The van der Waals surface area contributed by atoms with Crippen LogP contribution in [0.15, 0.2) is 16.8 Å². The Bertz CT molecular complexity index is 357. The van der Waals surface area contributed by atoms with Gasteiger partial charge in [-0.15, -0.1) is 12.4 Å². The molecular formula is C11H18ClN3O2S. The summed E-state index contributed by atoms with van der Waals surface area (Å²) < 4.78 is 0. The van der Waals surface area contributed by atoms with Gasteiger partial charge in [-0.05, 0) is 18.5 Å². The number of carbonyl (C=O) groups is 2. The van der Waals surface area contributed by atoms with E-state index in [-0.39, 0.29) is 24.2 Å². The van der Waals surface area contributed by atoms with Gasteiger partial charge in [0.1, 0.15) is 0 Å². The largest absolute Gasteiger partial charge is 0.355 e. The number of likely N-dealkylation sites (N-methyl/N-ethyl adjacent to an activating group) is 1. The molecule has 1 aromatic heterocycles. The van der Waals surface area contributed by atoms with Crippen molar-refractivity contribution in [3.05, 3.63) is 22.4 Å². The Balaban J connectivity index is 0.00000289. The second-order valence-electron chi connectivity index (χ2n) is 3.47. The van der Waals surface area contributed by atoms with Crippen LogP contribution >= 0.6 is 23.7 Å². The van der Waals surface area contributed by atoms with Crippen LogP contribution in [-0.2, 0) is 4.79 Å². The van der Waals surface area contributed by atoms with Crippen molar-refractivity contribution in [2.24, 2.45) is 0 Å². The molecule has 0 atom stereocenters. The fourth-order valence-corrected chi connectivity index (χ4v) is 1.84. The summed E-state index contributed by atoms with van der Waals surface area (Å²) in [5, 5.41) is 12.0. The Labute approximate surface area is 117 Å². The van der Waals surface area contributed by atoms with E-state index in [1.54, 1.807) is 11.4 Å². The van der Waals surface area contributed by atoms with Crippen LogP contribution < -0.4 is 16.0 Å². The van der Waals surface area contributed by atoms with Gasteiger partial charge in [0.05, 0.1) is 0 Å². The molecule has 2 amide bonds. The van der Waals surface area contributed by atoms with Crippen molar-refractivity contribution >= 4 is 35.6 Å². The Kier molecular flexibility index (Phi) is 9.26. The van der Waals surface area contributed by atoms with Gasteiger partial charge in [0.25, 0.3) is 5.91 Å². The Morgan fingerprint density at radius 3 is 2.61 bits per heavy atom. The maximum Gasteiger partial charge on any atom is 0.252 e. The van der Waals surface area contributed by atoms with Gasteiger partial charge in [-0.3, -0.25) is 9.59 Å². The minimum absolute atomic E-state index is 0. The van der Waals surface area contributed by atoms with E-state index >= 15 is 0 Å². The zero-order valence-corrected chi connectivity index (χ0v) is 11.8. The van der Waals surface area contributed by atoms with Gasteiger partial charge in [-0.1, -0.05) is 0 Å². The van der Waals surface area contributed by atoms with Gasteiger partial charge >= 0.3 is 0 Å². The second kappa shape index (κ2) is 9.87. The number of amides is 2. The molecule has 1 aromatic rings. The van der Waals surface area contributed by atoms with Crippen LogP contribution in [0.1, 0.15) is 16.8 Å². The van der Waals surface area contributed by atoms with Crippen molar-refractivity contribution in [2.75, 3.05) is 26.7 Å². The van der Waals surface area contributed by atoms with Crippen LogP contribution in [0.25, 0.3) is 0 Å². The van der Waals surface area contributed by atoms with Crippen LogP contribution in [0.4, 0.5) is 0 Å². The number of hydrogen-bond acceptors (Lipinski definition) is 4. The summed E-state index contributed by atoms with van der Waals surface area (Å²) in [5.74, 6) is -0.180. The van der Waals surface area contributed by atoms with E-state index in [9.17, 15) is 9.59 Å². The van der Waals surface area contributed by atoms with Crippen LogP contribution in [0.5, 0.6) is 0 Å². The Morgan fingerprint density at radius 1 is 1.22 bits per heavy atom. The number of carbonyl (C=O) groups excluding carboxylic acids is 2. The lowest BCUT2D eigenvalue weighted by molar-refractivity contribution is -0.120. The quantitative estimate of drug-likeness (QED) is 0.645. The molecule has 1 heterocycles. The molecule has 3 N–H and O–H groups in total. The topological polar surface area (TPSA) is 70.2 Å². The number of rotatable bonds is 7. The summed E-state index contributed by atoms with van der Waals surface area (Å²) in [4.78, 5) is 22.8. The number of halogens is 1. The molecule has 7 heteroatoms. The summed E-state index contributed by atoms with van der Waals surface area (Å²) in [6, 6.07) is 1.76. The fourth-order valence-electron chi connectivity index (χ4n) is 1.20. The highest BCUT2D eigenvalue weighted by Gasteiger charge is 2.06. The third kappa shape index (κ3) is 6.58. The molecule has 0 spiro atoms. The van der Waals surface area contributed by atoms with Gasteiger partial charge in [0, 0.05) is 37.0 Å². The molecule has 0 saturated carbocycles. The van der Waals surface area contributed by atoms with E-state index < -0.39 is 0 Å². The molecule has 0 aliphatic heterocycles. The van der Waals surface area contributed by atoms with Gasteiger partial charge in [0.15, 0.2) is 0 Å². The minimum Gasteiger partial charge on any atom is -0.355 e. The lowest BCUT2D eigenvalue weighted by Crippen LogP contribution is -2.33. The van der Waals surface area contributed by atoms with Crippen molar-refractivity contribution in [3.8, 4) is 0 Å². The molecule has 18 heavy (non-hydrogen) atoms. The molecule has 0 aromatic carbocycles. The summed E-state index contributed by atoms with van der Waals surface area (Å²) in [5.41, 5.74) is 0.644. The van der Waals surface area contributed by atoms with E-state index in [4.69, 9.17) is 0 Å². The smallest absolute Gasteiger partial charge is 0.252 e. The Hall–Kier alpha value is -1.11. The second-order valence-corrected chi connectivity index (χ2v) is 4.25. The molecule has 0 aliphatic rings. The van der Waals surface area contributed by atoms with Crippen molar-refractivity contribution in [2.45, 2.75) is 6.42 Å². The van der Waals surface area contributed by atoms with Crippen LogP contribution in [0.2, 0.25) is 0 Å². The lowest BCUT2D eigenvalue weighted by atomic mass is 10.3. The van der Waals surface area contributed by atoms with Gasteiger partial charge in [-0.2, -0.15) is 11.3 Å². The van der Waals surface area contributed by atoms with Gasteiger partial charge in [-0.25, -0.2) is 0 Å². The van der Waals surface area contributed by atoms with E-state index in [2.05, 4.69) is 16.0 Å². The first-order valence-electron chi connectivity index (χ1n) is 5.45. The Morgan fingerprint density at radius 2 is 2.00 bits per heavy atom. The summed E-state index contributed by atoms with van der Waals surface area (Å²) in [6.45, 7) is 1.71. The molecule has 1 rings (SSSR count). The van der Waals surface area contributed by atoms with Gasteiger partial charge < -0.3 is 16.0 Å². The number of nitrogens with one attached hydrogen (secondary N) is 3. The molecule has 0 saturated heterocycles. The van der Waals surface area contributed by atoms with E-state index in [0.29, 0.717) is 25.1 Å². The van der Waals surface area contributed by atoms with E-state index in [0.717, 1.165) is 6.54 Å². The predicted octanol–water partition coefficient (Wildman–Crippen LogP) is 0.625. The van der Waals surface area contributed by atoms with Crippen molar-refractivity contribution in [1.29, 1.82) is 0 Å². The average molecular weight is 292 g/mol. The standard InChI is InChI=1S/C11H17N3O2S.ClH/c1-12-5-6-13-10(15)2-4-14-11(16)9-3-7-17-8-9;/h3,7-8,12H,2,4-6H2,1H3,(H,13,15)(H,14,16);1H. The fraction of sp³-hybridized carbons (Fsp3) is 0.455. The highest BCUT2D eigenvalue weighted by molar-refractivity contribution is 7.08. The monoisotopic (exact) mass is 291 g/mol.